The third-order valence-corrected chi connectivity index (χ3v) is 3.23. The summed E-state index contributed by atoms with van der Waals surface area (Å²) in [6.45, 7) is 2.95. The minimum atomic E-state index is 0.122. The van der Waals surface area contributed by atoms with E-state index in [1.807, 2.05) is 0 Å². The molecule has 0 aromatic rings. The lowest BCUT2D eigenvalue weighted by atomic mass is 10.1. The highest BCUT2D eigenvalue weighted by Gasteiger charge is 2.22. The highest BCUT2D eigenvalue weighted by atomic mass is 16.4. The lowest BCUT2D eigenvalue weighted by molar-refractivity contribution is -0.122. The maximum atomic E-state index is 11.6. The first kappa shape index (κ1) is 11.4. The van der Waals surface area contributed by atoms with Crippen LogP contribution in [0.3, 0.4) is 0 Å². The third kappa shape index (κ3) is 3.48. The van der Waals surface area contributed by atoms with Gasteiger partial charge in [0.05, 0.1) is 12.3 Å². The van der Waals surface area contributed by atoms with Crippen LogP contribution in [-0.2, 0) is 4.79 Å². The Bertz CT molecular complexity index is 277. The van der Waals surface area contributed by atoms with Crippen LogP contribution in [0.15, 0.2) is 5.16 Å². The van der Waals surface area contributed by atoms with Gasteiger partial charge < -0.3 is 10.5 Å². The molecule has 1 saturated carbocycles. The molecule has 0 aromatic carbocycles. The summed E-state index contributed by atoms with van der Waals surface area (Å²) in [5.41, 5.74) is 0.842. The molecule has 1 amide bonds. The summed E-state index contributed by atoms with van der Waals surface area (Å²) in [6.07, 6.45) is 4.07. The van der Waals surface area contributed by atoms with Gasteiger partial charge in [0.2, 0.25) is 5.91 Å². The van der Waals surface area contributed by atoms with Crippen LogP contribution in [0.4, 0.5) is 0 Å². The zero-order chi connectivity index (χ0) is 11.4. The highest BCUT2D eigenvalue weighted by molar-refractivity contribution is 5.85. The fraction of sp³-hybridized carbons (Fsp3) is 0.818. The van der Waals surface area contributed by atoms with E-state index in [1.54, 1.807) is 0 Å². The van der Waals surface area contributed by atoms with Gasteiger partial charge in [0.15, 0.2) is 0 Å². The Morgan fingerprint density at radius 2 is 2.12 bits per heavy atom. The van der Waals surface area contributed by atoms with Crippen LogP contribution in [0.5, 0.6) is 0 Å². The molecule has 1 aliphatic carbocycles. The van der Waals surface area contributed by atoms with E-state index >= 15 is 0 Å². The van der Waals surface area contributed by atoms with Crippen molar-refractivity contribution in [2.24, 2.45) is 11.1 Å². The molecule has 0 spiro atoms. The smallest absolute Gasteiger partial charge is 0.234 e. The molecule has 0 aromatic heterocycles. The SMILES string of the molecule is O=C(CN1CCC(=NO)CC1)NCC1CC1. The molecule has 0 unspecified atom stereocenters. The van der Waals surface area contributed by atoms with Crippen molar-refractivity contribution < 1.29 is 10.0 Å². The zero-order valence-corrected chi connectivity index (χ0v) is 9.48. The van der Waals surface area contributed by atoms with Crippen molar-refractivity contribution in [1.29, 1.82) is 0 Å². The Labute approximate surface area is 95.5 Å². The van der Waals surface area contributed by atoms with Crippen LogP contribution in [0, 0.1) is 5.92 Å². The summed E-state index contributed by atoms with van der Waals surface area (Å²) in [5.74, 6) is 0.856. The van der Waals surface area contributed by atoms with Gasteiger partial charge in [0.25, 0.3) is 0 Å². The predicted octanol–water partition coefficient (Wildman–Crippen LogP) is 0.439. The molecule has 2 rings (SSSR count). The number of piperidine rings is 1. The summed E-state index contributed by atoms with van der Waals surface area (Å²) >= 11 is 0. The van der Waals surface area contributed by atoms with Crippen molar-refractivity contribution in [3.8, 4) is 0 Å². The second-order valence-electron chi connectivity index (χ2n) is 4.69. The highest BCUT2D eigenvalue weighted by Crippen LogP contribution is 2.27. The number of nitrogens with zero attached hydrogens (tertiary/aromatic N) is 2. The van der Waals surface area contributed by atoms with Crippen molar-refractivity contribution >= 4 is 11.6 Å². The lowest BCUT2D eigenvalue weighted by Crippen LogP contribution is -2.42. The van der Waals surface area contributed by atoms with Crippen LogP contribution in [0.25, 0.3) is 0 Å². The first-order valence-corrected chi connectivity index (χ1v) is 5.97. The number of oxime groups is 1. The summed E-state index contributed by atoms with van der Waals surface area (Å²) in [5, 5.41) is 14.8. The molecule has 0 atom stereocenters. The molecule has 0 radical (unpaired) electrons. The van der Waals surface area contributed by atoms with E-state index in [1.165, 1.54) is 12.8 Å². The van der Waals surface area contributed by atoms with E-state index in [0.717, 1.165) is 44.1 Å². The van der Waals surface area contributed by atoms with Crippen molar-refractivity contribution in [1.82, 2.24) is 10.2 Å². The van der Waals surface area contributed by atoms with Gasteiger partial charge in [-0.3, -0.25) is 9.69 Å². The van der Waals surface area contributed by atoms with Crippen LogP contribution in [-0.4, -0.2) is 47.9 Å². The maximum absolute atomic E-state index is 11.6. The second kappa shape index (κ2) is 5.30. The Morgan fingerprint density at radius 3 is 2.69 bits per heavy atom. The van der Waals surface area contributed by atoms with Gasteiger partial charge in [-0.05, 0) is 18.8 Å². The van der Waals surface area contributed by atoms with Gasteiger partial charge in [-0.25, -0.2) is 0 Å². The van der Waals surface area contributed by atoms with Gasteiger partial charge >= 0.3 is 0 Å². The van der Waals surface area contributed by atoms with Crippen molar-refractivity contribution in [3.63, 3.8) is 0 Å². The number of rotatable bonds is 4. The van der Waals surface area contributed by atoms with Crippen molar-refractivity contribution in [2.75, 3.05) is 26.2 Å². The van der Waals surface area contributed by atoms with Crippen LogP contribution in [0.2, 0.25) is 0 Å². The van der Waals surface area contributed by atoms with Gasteiger partial charge in [0, 0.05) is 32.5 Å². The second-order valence-corrected chi connectivity index (χ2v) is 4.69. The molecule has 1 saturated heterocycles. The van der Waals surface area contributed by atoms with E-state index in [-0.39, 0.29) is 5.91 Å². The zero-order valence-electron chi connectivity index (χ0n) is 9.48. The number of carbonyl (C=O) groups is 1. The fourth-order valence-corrected chi connectivity index (χ4v) is 1.91. The third-order valence-electron chi connectivity index (χ3n) is 3.23. The molecule has 90 valence electrons. The number of hydrogen-bond acceptors (Lipinski definition) is 4. The Balaban J connectivity index is 1.63. The molecule has 2 aliphatic rings. The Hall–Kier alpha value is -1.10. The normalized spacial score (nSPS) is 21.9. The molecule has 2 fully saturated rings. The molecular weight excluding hydrogens is 206 g/mol. The largest absolute Gasteiger partial charge is 0.411 e. The lowest BCUT2D eigenvalue weighted by Gasteiger charge is -2.26. The molecule has 1 aliphatic heterocycles. The van der Waals surface area contributed by atoms with Crippen molar-refractivity contribution in [3.05, 3.63) is 0 Å². The average Bonchev–Trinajstić information content (AvgIpc) is 3.11. The van der Waals surface area contributed by atoms with Gasteiger partial charge in [0.1, 0.15) is 0 Å². The quantitative estimate of drug-likeness (QED) is 0.539. The number of hydrogen-bond donors (Lipinski definition) is 2. The molecular formula is C11H19N3O2. The molecule has 5 nitrogen and oxygen atoms in total. The summed E-state index contributed by atoms with van der Waals surface area (Å²) in [6, 6.07) is 0. The van der Waals surface area contributed by atoms with E-state index in [0.29, 0.717) is 6.54 Å². The van der Waals surface area contributed by atoms with E-state index in [9.17, 15) is 4.79 Å². The summed E-state index contributed by atoms with van der Waals surface area (Å²) < 4.78 is 0. The van der Waals surface area contributed by atoms with E-state index in [4.69, 9.17) is 5.21 Å². The monoisotopic (exact) mass is 225 g/mol. The minimum Gasteiger partial charge on any atom is -0.411 e. The standard InChI is InChI=1S/C11H19N3O2/c15-11(12-7-9-1-2-9)8-14-5-3-10(13-16)4-6-14/h9,16H,1-8H2,(H,12,15). The van der Waals surface area contributed by atoms with E-state index < -0.39 is 0 Å². The maximum Gasteiger partial charge on any atom is 0.234 e. The Morgan fingerprint density at radius 1 is 1.44 bits per heavy atom. The predicted molar refractivity (Wildman–Crippen MR) is 60.6 cm³/mol. The topological polar surface area (TPSA) is 64.9 Å². The average molecular weight is 225 g/mol. The van der Waals surface area contributed by atoms with E-state index in [2.05, 4.69) is 15.4 Å². The number of carbonyl (C=O) groups excluding carboxylic acids is 1. The minimum absolute atomic E-state index is 0.122. The molecule has 5 heteroatoms. The summed E-state index contributed by atoms with van der Waals surface area (Å²) in [7, 11) is 0. The van der Waals surface area contributed by atoms with Crippen LogP contribution < -0.4 is 5.32 Å². The number of nitrogens with one attached hydrogen (secondary N) is 1. The molecule has 2 N–H and O–H groups in total. The van der Waals surface area contributed by atoms with Gasteiger partial charge in [-0.2, -0.15) is 0 Å². The van der Waals surface area contributed by atoms with Gasteiger partial charge in [-0.1, -0.05) is 5.16 Å². The van der Waals surface area contributed by atoms with Crippen LogP contribution in [0.1, 0.15) is 25.7 Å². The number of likely N-dealkylation sites (tertiary alicyclic amines) is 1. The molecule has 1 heterocycles. The summed E-state index contributed by atoms with van der Waals surface area (Å²) in [4.78, 5) is 13.7. The van der Waals surface area contributed by atoms with Crippen molar-refractivity contribution in [2.45, 2.75) is 25.7 Å². The number of amides is 1. The van der Waals surface area contributed by atoms with Gasteiger partial charge in [-0.15, -0.1) is 0 Å². The first-order valence-electron chi connectivity index (χ1n) is 5.97. The molecule has 0 bridgehead atoms. The molecule has 16 heavy (non-hydrogen) atoms. The van der Waals surface area contributed by atoms with Crippen LogP contribution >= 0.6 is 0 Å². The fourth-order valence-electron chi connectivity index (χ4n) is 1.91. The first-order chi connectivity index (χ1) is 7.78. The Kier molecular flexibility index (Phi) is 3.77.